The third-order valence-electron chi connectivity index (χ3n) is 1.93. The third-order valence-corrected chi connectivity index (χ3v) is 1.93. The van der Waals surface area contributed by atoms with Crippen molar-refractivity contribution in [3.8, 4) is 0 Å². The van der Waals surface area contributed by atoms with Crippen LogP contribution < -0.4 is 5.32 Å². The molecule has 2 rings (SSSR count). The summed E-state index contributed by atoms with van der Waals surface area (Å²) in [5.74, 6) is -0.956. The number of amides is 1. The number of carboxylic acid groups (broad SMARTS) is 1. The lowest BCUT2D eigenvalue weighted by Crippen LogP contribution is -2.16. The first-order valence-corrected chi connectivity index (χ1v) is 4.86. The van der Waals surface area contributed by atoms with Crippen LogP contribution in [0.1, 0.15) is 20.7 Å². The number of H-pyrrole nitrogens is 2. The summed E-state index contributed by atoms with van der Waals surface area (Å²) in [4.78, 5) is 26.2. The second kappa shape index (κ2) is 6.16. The van der Waals surface area contributed by atoms with Gasteiger partial charge in [0, 0.05) is 31.8 Å². The molecule has 17 heavy (non-hydrogen) atoms. The van der Waals surface area contributed by atoms with E-state index in [1.807, 2.05) is 0 Å². The first-order valence-electron chi connectivity index (χ1n) is 4.86. The van der Waals surface area contributed by atoms with Crippen LogP contribution in [-0.2, 0) is 0 Å². The van der Waals surface area contributed by atoms with Gasteiger partial charge in [0.15, 0.2) is 0 Å². The van der Waals surface area contributed by atoms with Crippen molar-refractivity contribution in [2.24, 2.45) is 0 Å². The molecule has 0 unspecified atom stereocenters. The van der Waals surface area contributed by atoms with Gasteiger partial charge in [-0.2, -0.15) is 0 Å². The van der Waals surface area contributed by atoms with Crippen LogP contribution in [0.5, 0.6) is 0 Å². The lowest BCUT2D eigenvalue weighted by Gasteiger charge is -1.90. The molecule has 2 aromatic rings. The number of hydrogen-bond acceptors (Lipinski definition) is 2. The topological polar surface area (TPSA) is 98.0 Å². The zero-order valence-corrected chi connectivity index (χ0v) is 9.23. The quantitative estimate of drug-likeness (QED) is 0.627. The summed E-state index contributed by atoms with van der Waals surface area (Å²) < 4.78 is 0. The Hall–Kier alpha value is -2.50. The highest BCUT2D eigenvalue weighted by atomic mass is 16.4. The Morgan fingerprint density at radius 2 is 1.65 bits per heavy atom. The fourth-order valence-corrected chi connectivity index (χ4v) is 1.07. The Balaban J connectivity index is 0.000000171. The maximum absolute atomic E-state index is 10.7. The minimum atomic E-state index is -0.897. The number of carbonyl (C=O) groups excluding carboxylic acids is 1. The Labute approximate surface area is 97.7 Å². The van der Waals surface area contributed by atoms with E-state index in [9.17, 15) is 9.59 Å². The highest BCUT2D eigenvalue weighted by Crippen LogP contribution is 1.94. The molecule has 2 heterocycles. The molecule has 6 nitrogen and oxygen atoms in total. The molecule has 0 atom stereocenters. The van der Waals surface area contributed by atoms with Crippen molar-refractivity contribution >= 4 is 11.9 Å². The van der Waals surface area contributed by atoms with Gasteiger partial charge in [-0.05, 0) is 12.1 Å². The van der Waals surface area contributed by atoms with Gasteiger partial charge < -0.3 is 20.4 Å². The largest absolute Gasteiger partial charge is 0.478 e. The van der Waals surface area contributed by atoms with Crippen molar-refractivity contribution in [2.75, 3.05) is 7.05 Å². The molecule has 0 aliphatic heterocycles. The number of rotatable bonds is 2. The summed E-state index contributed by atoms with van der Waals surface area (Å²) in [5.41, 5.74) is 0.961. The van der Waals surface area contributed by atoms with E-state index in [2.05, 4.69) is 15.3 Å². The van der Waals surface area contributed by atoms with Gasteiger partial charge in [-0.25, -0.2) is 4.79 Å². The lowest BCUT2D eigenvalue weighted by molar-refractivity contribution is 0.0697. The minimum absolute atomic E-state index is 0.0590. The van der Waals surface area contributed by atoms with Crippen molar-refractivity contribution in [2.45, 2.75) is 0 Å². The second-order valence-corrected chi connectivity index (χ2v) is 3.08. The average Bonchev–Trinajstić information content (AvgIpc) is 3.01. The summed E-state index contributed by atoms with van der Waals surface area (Å²) >= 11 is 0. The minimum Gasteiger partial charge on any atom is -0.478 e. The first-order chi connectivity index (χ1) is 8.15. The van der Waals surface area contributed by atoms with E-state index in [-0.39, 0.29) is 5.91 Å². The van der Waals surface area contributed by atoms with E-state index in [0.717, 1.165) is 0 Å². The molecule has 0 radical (unpaired) electrons. The number of hydrogen-bond donors (Lipinski definition) is 4. The molecule has 0 bridgehead atoms. The summed E-state index contributed by atoms with van der Waals surface area (Å²) in [5, 5.41) is 10.8. The standard InChI is InChI=1S/C6H8N2O.C5H5NO2/c1-7-6(9)5-2-3-8-4-5;7-5(8)4-1-2-6-3-4/h2-4,8H,1H3,(H,7,9);1-3,6H,(H,7,8). The van der Waals surface area contributed by atoms with E-state index >= 15 is 0 Å². The summed E-state index contributed by atoms with van der Waals surface area (Å²) in [7, 11) is 1.61. The van der Waals surface area contributed by atoms with Gasteiger partial charge in [-0.1, -0.05) is 0 Å². The molecule has 0 spiro atoms. The van der Waals surface area contributed by atoms with Gasteiger partial charge in [-0.3, -0.25) is 4.79 Å². The normalized spacial score (nSPS) is 9.00. The molecule has 0 saturated carbocycles. The number of aromatic nitrogens is 2. The van der Waals surface area contributed by atoms with Gasteiger partial charge >= 0.3 is 5.97 Å². The Kier molecular flexibility index (Phi) is 4.56. The van der Waals surface area contributed by atoms with Crippen LogP contribution in [0, 0.1) is 0 Å². The number of nitrogens with one attached hydrogen (secondary N) is 3. The Bertz CT molecular complexity index is 460. The van der Waals surface area contributed by atoms with Gasteiger partial charge in [0.2, 0.25) is 0 Å². The maximum atomic E-state index is 10.7. The highest BCUT2D eigenvalue weighted by Gasteiger charge is 1.99. The van der Waals surface area contributed by atoms with Crippen molar-refractivity contribution < 1.29 is 14.7 Å². The number of aromatic carboxylic acids is 1. The third kappa shape index (κ3) is 3.86. The molecule has 90 valence electrons. The Morgan fingerprint density at radius 1 is 1.12 bits per heavy atom. The van der Waals surface area contributed by atoms with Gasteiger partial charge in [0.1, 0.15) is 0 Å². The van der Waals surface area contributed by atoms with Crippen LogP contribution in [0.3, 0.4) is 0 Å². The van der Waals surface area contributed by atoms with E-state index in [1.165, 1.54) is 12.3 Å². The van der Waals surface area contributed by atoms with Crippen LogP contribution in [0.25, 0.3) is 0 Å². The molecule has 0 aromatic carbocycles. The number of carbonyl (C=O) groups is 2. The van der Waals surface area contributed by atoms with Gasteiger partial charge in [0.05, 0.1) is 11.1 Å². The SMILES string of the molecule is CNC(=O)c1cc[nH]c1.O=C(O)c1cc[nH]c1. The fourth-order valence-electron chi connectivity index (χ4n) is 1.07. The lowest BCUT2D eigenvalue weighted by atomic mass is 10.3. The van der Waals surface area contributed by atoms with Crippen LogP contribution >= 0.6 is 0 Å². The van der Waals surface area contributed by atoms with Crippen molar-refractivity contribution in [1.82, 2.24) is 15.3 Å². The molecule has 0 saturated heterocycles. The number of aromatic amines is 2. The van der Waals surface area contributed by atoms with Crippen LogP contribution in [0.2, 0.25) is 0 Å². The first kappa shape index (κ1) is 12.6. The van der Waals surface area contributed by atoms with E-state index < -0.39 is 5.97 Å². The van der Waals surface area contributed by atoms with E-state index in [0.29, 0.717) is 11.1 Å². The molecule has 6 heteroatoms. The smallest absolute Gasteiger partial charge is 0.337 e. The zero-order valence-electron chi connectivity index (χ0n) is 9.23. The van der Waals surface area contributed by atoms with Gasteiger partial charge in [-0.15, -0.1) is 0 Å². The molecule has 1 amide bonds. The molecule has 4 N–H and O–H groups in total. The molecule has 2 aromatic heterocycles. The van der Waals surface area contributed by atoms with Crippen LogP contribution in [0.4, 0.5) is 0 Å². The Morgan fingerprint density at radius 3 is 1.94 bits per heavy atom. The van der Waals surface area contributed by atoms with Crippen molar-refractivity contribution in [3.63, 3.8) is 0 Å². The second-order valence-electron chi connectivity index (χ2n) is 3.08. The predicted octanol–water partition coefficient (Wildman–Crippen LogP) is 1.09. The fraction of sp³-hybridized carbons (Fsp3) is 0.0909. The summed E-state index contributed by atoms with van der Waals surface area (Å²) in [6.07, 6.45) is 6.37. The van der Waals surface area contributed by atoms with Crippen LogP contribution in [-0.4, -0.2) is 34.0 Å². The monoisotopic (exact) mass is 235 g/mol. The van der Waals surface area contributed by atoms with Crippen LogP contribution in [0.15, 0.2) is 36.9 Å². The van der Waals surface area contributed by atoms with E-state index in [4.69, 9.17) is 5.11 Å². The molecule has 0 aliphatic rings. The molecule has 0 fully saturated rings. The van der Waals surface area contributed by atoms with Gasteiger partial charge in [0.25, 0.3) is 5.91 Å². The summed E-state index contributed by atoms with van der Waals surface area (Å²) in [6.45, 7) is 0. The molecular weight excluding hydrogens is 222 g/mol. The number of carboxylic acids is 1. The predicted molar refractivity (Wildman–Crippen MR) is 61.9 cm³/mol. The highest BCUT2D eigenvalue weighted by molar-refractivity contribution is 5.93. The maximum Gasteiger partial charge on any atom is 0.337 e. The van der Waals surface area contributed by atoms with E-state index in [1.54, 1.807) is 31.7 Å². The van der Waals surface area contributed by atoms with Crippen molar-refractivity contribution in [3.05, 3.63) is 48.0 Å². The average molecular weight is 235 g/mol. The molecule has 0 aliphatic carbocycles. The molecular formula is C11H13N3O3. The summed E-state index contributed by atoms with van der Waals surface area (Å²) in [6, 6.07) is 3.22. The zero-order chi connectivity index (χ0) is 12.7. The van der Waals surface area contributed by atoms with Crippen molar-refractivity contribution in [1.29, 1.82) is 0 Å².